The van der Waals surface area contributed by atoms with E-state index in [1.165, 1.54) is 0 Å². The molecule has 0 spiro atoms. The quantitative estimate of drug-likeness (QED) is 0.834. The van der Waals surface area contributed by atoms with E-state index in [4.69, 9.17) is 9.47 Å². The van der Waals surface area contributed by atoms with Crippen LogP contribution in [0.2, 0.25) is 0 Å². The highest BCUT2D eigenvalue weighted by Crippen LogP contribution is 2.29. The van der Waals surface area contributed by atoms with E-state index >= 15 is 0 Å². The molecule has 16 heavy (non-hydrogen) atoms. The first-order chi connectivity index (χ1) is 7.46. The molecule has 3 heteroatoms. The van der Waals surface area contributed by atoms with Crippen molar-refractivity contribution in [3.8, 4) is 11.5 Å². The van der Waals surface area contributed by atoms with E-state index in [1.807, 2.05) is 25.1 Å². The molecule has 0 saturated heterocycles. The fourth-order valence-corrected chi connectivity index (χ4v) is 1.60. The van der Waals surface area contributed by atoms with Crippen LogP contribution in [0.4, 0.5) is 0 Å². The Hall–Kier alpha value is -1.22. The Bertz CT molecular complexity index is 340. The third kappa shape index (κ3) is 3.74. The summed E-state index contributed by atoms with van der Waals surface area (Å²) in [7, 11) is 1.62. The summed E-state index contributed by atoms with van der Waals surface area (Å²) in [4.78, 5) is 0. The molecule has 0 amide bonds. The number of aliphatic hydroxyl groups is 1. The van der Waals surface area contributed by atoms with E-state index in [-0.39, 0.29) is 0 Å². The van der Waals surface area contributed by atoms with Gasteiger partial charge in [0, 0.05) is 6.42 Å². The Labute approximate surface area is 97.0 Å². The van der Waals surface area contributed by atoms with Crippen molar-refractivity contribution in [1.82, 2.24) is 0 Å². The van der Waals surface area contributed by atoms with Crippen molar-refractivity contribution in [2.24, 2.45) is 0 Å². The van der Waals surface area contributed by atoms with Crippen LogP contribution in [-0.2, 0) is 6.42 Å². The molecule has 0 aliphatic rings. The second kappa shape index (κ2) is 5.21. The van der Waals surface area contributed by atoms with Crippen LogP contribution in [0.5, 0.6) is 11.5 Å². The molecule has 0 atom stereocenters. The van der Waals surface area contributed by atoms with Gasteiger partial charge >= 0.3 is 0 Å². The van der Waals surface area contributed by atoms with Crippen LogP contribution in [0.1, 0.15) is 26.3 Å². The lowest BCUT2D eigenvalue weighted by molar-refractivity contribution is 0.0809. The van der Waals surface area contributed by atoms with Crippen LogP contribution in [0.3, 0.4) is 0 Å². The van der Waals surface area contributed by atoms with Crippen molar-refractivity contribution in [2.45, 2.75) is 32.8 Å². The highest BCUT2D eigenvalue weighted by Gasteiger charge is 2.15. The molecule has 0 heterocycles. The molecule has 3 nitrogen and oxygen atoms in total. The van der Waals surface area contributed by atoms with Gasteiger partial charge in [0.15, 0.2) is 11.5 Å². The monoisotopic (exact) mass is 224 g/mol. The lowest BCUT2D eigenvalue weighted by Gasteiger charge is -2.18. The number of benzene rings is 1. The summed E-state index contributed by atoms with van der Waals surface area (Å²) in [5.41, 5.74) is 0.328. The molecule has 0 aliphatic carbocycles. The van der Waals surface area contributed by atoms with E-state index in [9.17, 15) is 5.11 Å². The van der Waals surface area contributed by atoms with Crippen molar-refractivity contribution in [2.75, 3.05) is 13.7 Å². The van der Waals surface area contributed by atoms with E-state index in [1.54, 1.807) is 21.0 Å². The highest BCUT2D eigenvalue weighted by atomic mass is 16.5. The van der Waals surface area contributed by atoms with Crippen LogP contribution in [0, 0.1) is 0 Å². The first kappa shape index (κ1) is 12.8. The topological polar surface area (TPSA) is 38.7 Å². The number of rotatable bonds is 5. The van der Waals surface area contributed by atoms with Gasteiger partial charge < -0.3 is 14.6 Å². The third-order valence-corrected chi connectivity index (χ3v) is 2.16. The van der Waals surface area contributed by atoms with Gasteiger partial charge in [-0.3, -0.25) is 0 Å². The largest absolute Gasteiger partial charge is 0.493 e. The van der Waals surface area contributed by atoms with Gasteiger partial charge in [-0.1, -0.05) is 6.07 Å². The molecular formula is C13H20O3. The van der Waals surface area contributed by atoms with Crippen molar-refractivity contribution in [1.29, 1.82) is 0 Å². The maximum Gasteiger partial charge on any atom is 0.161 e. The maximum atomic E-state index is 9.75. The van der Waals surface area contributed by atoms with Crippen molar-refractivity contribution >= 4 is 0 Å². The first-order valence-electron chi connectivity index (χ1n) is 5.48. The maximum absolute atomic E-state index is 9.75. The van der Waals surface area contributed by atoms with Crippen LogP contribution in [-0.4, -0.2) is 24.4 Å². The predicted octanol–water partition coefficient (Wildman–Crippen LogP) is 2.41. The van der Waals surface area contributed by atoms with E-state index < -0.39 is 5.60 Å². The lowest BCUT2D eigenvalue weighted by atomic mass is 9.98. The van der Waals surface area contributed by atoms with Gasteiger partial charge in [-0.2, -0.15) is 0 Å². The SMILES string of the molecule is CCOc1cc(CC(C)(C)O)ccc1OC. The summed E-state index contributed by atoms with van der Waals surface area (Å²) in [6, 6.07) is 5.73. The fourth-order valence-electron chi connectivity index (χ4n) is 1.60. The van der Waals surface area contributed by atoms with Gasteiger partial charge in [-0.05, 0) is 38.5 Å². The molecule has 1 N–H and O–H groups in total. The Kier molecular flexibility index (Phi) is 4.19. The molecule has 0 saturated carbocycles. The zero-order chi connectivity index (χ0) is 12.2. The Morgan fingerprint density at radius 3 is 2.44 bits per heavy atom. The summed E-state index contributed by atoms with van der Waals surface area (Å²) >= 11 is 0. The standard InChI is InChI=1S/C13H20O3/c1-5-16-12-8-10(9-13(2,3)14)6-7-11(12)15-4/h6-8,14H,5,9H2,1-4H3. The Morgan fingerprint density at radius 1 is 1.25 bits per heavy atom. The van der Waals surface area contributed by atoms with E-state index in [2.05, 4.69) is 0 Å². The number of methoxy groups -OCH3 is 1. The number of hydrogen-bond donors (Lipinski definition) is 1. The summed E-state index contributed by atoms with van der Waals surface area (Å²) < 4.78 is 10.7. The lowest BCUT2D eigenvalue weighted by Crippen LogP contribution is -2.21. The van der Waals surface area contributed by atoms with Crippen molar-refractivity contribution < 1.29 is 14.6 Å². The fraction of sp³-hybridized carbons (Fsp3) is 0.538. The van der Waals surface area contributed by atoms with E-state index in [0.29, 0.717) is 13.0 Å². The van der Waals surface area contributed by atoms with Gasteiger partial charge in [-0.25, -0.2) is 0 Å². The molecule has 1 rings (SSSR count). The minimum Gasteiger partial charge on any atom is -0.493 e. The zero-order valence-corrected chi connectivity index (χ0v) is 10.4. The molecule has 0 fully saturated rings. The second-order valence-corrected chi connectivity index (χ2v) is 4.41. The molecule has 0 unspecified atom stereocenters. The molecule has 0 aromatic heterocycles. The van der Waals surface area contributed by atoms with Gasteiger partial charge in [0.1, 0.15) is 0 Å². The van der Waals surface area contributed by atoms with Crippen LogP contribution >= 0.6 is 0 Å². The summed E-state index contributed by atoms with van der Waals surface area (Å²) in [6.07, 6.45) is 0.594. The normalized spacial score (nSPS) is 11.3. The molecule has 0 bridgehead atoms. The number of ether oxygens (including phenoxy) is 2. The average molecular weight is 224 g/mol. The van der Waals surface area contributed by atoms with Gasteiger partial charge in [0.2, 0.25) is 0 Å². The van der Waals surface area contributed by atoms with Gasteiger partial charge in [0.05, 0.1) is 19.3 Å². The molecule has 0 aliphatic heterocycles. The van der Waals surface area contributed by atoms with Crippen LogP contribution in [0.25, 0.3) is 0 Å². The highest BCUT2D eigenvalue weighted by molar-refractivity contribution is 5.43. The van der Waals surface area contributed by atoms with E-state index in [0.717, 1.165) is 17.1 Å². The third-order valence-electron chi connectivity index (χ3n) is 2.16. The average Bonchev–Trinajstić information content (AvgIpc) is 2.16. The molecule has 1 aromatic rings. The first-order valence-corrected chi connectivity index (χ1v) is 5.48. The van der Waals surface area contributed by atoms with Crippen LogP contribution in [0.15, 0.2) is 18.2 Å². The van der Waals surface area contributed by atoms with Crippen molar-refractivity contribution in [3.05, 3.63) is 23.8 Å². The zero-order valence-electron chi connectivity index (χ0n) is 10.4. The number of hydrogen-bond acceptors (Lipinski definition) is 3. The van der Waals surface area contributed by atoms with Crippen LogP contribution < -0.4 is 9.47 Å². The molecule has 90 valence electrons. The molecule has 1 aromatic carbocycles. The molecular weight excluding hydrogens is 204 g/mol. The second-order valence-electron chi connectivity index (χ2n) is 4.41. The molecule has 0 radical (unpaired) electrons. The smallest absolute Gasteiger partial charge is 0.161 e. The minimum atomic E-state index is -0.710. The Morgan fingerprint density at radius 2 is 1.94 bits per heavy atom. The van der Waals surface area contributed by atoms with Gasteiger partial charge in [0.25, 0.3) is 0 Å². The van der Waals surface area contributed by atoms with Crippen molar-refractivity contribution in [3.63, 3.8) is 0 Å². The summed E-state index contributed by atoms with van der Waals surface area (Å²) in [5, 5.41) is 9.75. The minimum absolute atomic E-state index is 0.594. The van der Waals surface area contributed by atoms with Gasteiger partial charge in [-0.15, -0.1) is 0 Å². The predicted molar refractivity (Wildman–Crippen MR) is 64.2 cm³/mol. The Balaban J connectivity index is 2.93. The summed E-state index contributed by atoms with van der Waals surface area (Å²) in [5.74, 6) is 1.45. The summed E-state index contributed by atoms with van der Waals surface area (Å²) in [6.45, 7) is 6.11.